The molecular formula is C21H27N7O4S2. The van der Waals surface area contributed by atoms with Gasteiger partial charge in [-0.3, -0.25) is 0 Å². The Hall–Kier alpha value is -3.10. The van der Waals surface area contributed by atoms with Crippen LogP contribution in [0.3, 0.4) is 0 Å². The van der Waals surface area contributed by atoms with Crippen molar-refractivity contribution in [2.24, 2.45) is 5.14 Å². The van der Waals surface area contributed by atoms with Crippen molar-refractivity contribution in [3.63, 3.8) is 0 Å². The van der Waals surface area contributed by atoms with E-state index in [-0.39, 0.29) is 17.4 Å². The fraction of sp³-hybridized carbons (Fsp3) is 0.238. The summed E-state index contributed by atoms with van der Waals surface area (Å²) in [5.74, 6) is 0.787. The molecule has 0 amide bonds. The summed E-state index contributed by atoms with van der Waals surface area (Å²) < 4.78 is 51.1. The van der Waals surface area contributed by atoms with Gasteiger partial charge in [0.2, 0.25) is 16.0 Å². The fourth-order valence-electron chi connectivity index (χ4n) is 2.94. The van der Waals surface area contributed by atoms with Gasteiger partial charge in [-0.2, -0.15) is 22.4 Å². The number of hydrogen-bond acceptors (Lipinski definition) is 8. The molecule has 0 saturated heterocycles. The van der Waals surface area contributed by atoms with Gasteiger partial charge >= 0.3 is 0 Å². The highest BCUT2D eigenvalue weighted by atomic mass is 32.2. The number of anilines is 4. The lowest BCUT2D eigenvalue weighted by atomic mass is 10.2. The summed E-state index contributed by atoms with van der Waals surface area (Å²) in [6, 6.07) is 12.0. The zero-order valence-electron chi connectivity index (χ0n) is 19.2. The number of rotatable bonds is 9. The summed E-state index contributed by atoms with van der Waals surface area (Å²) in [5.41, 5.74) is 3.25. The monoisotopic (exact) mass is 505 g/mol. The molecule has 0 radical (unpaired) electrons. The minimum atomic E-state index is -3.87. The molecule has 0 aliphatic rings. The third kappa shape index (κ3) is 6.48. The van der Waals surface area contributed by atoms with E-state index in [4.69, 9.17) is 5.14 Å². The number of nitrogens with two attached hydrogens (primary N) is 1. The topological polar surface area (TPSA) is 159 Å². The quantitative estimate of drug-likeness (QED) is 0.344. The van der Waals surface area contributed by atoms with Gasteiger partial charge in [0.1, 0.15) is 5.82 Å². The Morgan fingerprint density at radius 3 is 2.32 bits per heavy atom. The van der Waals surface area contributed by atoms with E-state index < -0.39 is 20.2 Å². The molecular weight excluding hydrogens is 478 g/mol. The SMILES string of the molecule is Cc1ccc(Nc2ncc(C)c(Nc3cccc(CNS(=O)(=O)N(C)C)c3)n2)cc1S(N)(=O)=O. The van der Waals surface area contributed by atoms with E-state index in [1.165, 1.54) is 20.2 Å². The summed E-state index contributed by atoms with van der Waals surface area (Å²) in [6.07, 6.45) is 1.63. The highest BCUT2D eigenvalue weighted by Gasteiger charge is 2.14. The molecule has 0 fully saturated rings. The maximum absolute atomic E-state index is 11.9. The fourth-order valence-corrected chi connectivity index (χ4v) is 4.36. The zero-order valence-corrected chi connectivity index (χ0v) is 20.8. The highest BCUT2D eigenvalue weighted by molar-refractivity contribution is 7.89. The highest BCUT2D eigenvalue weighted by Crippen LogP contribution is 2.24. The molecule has 0 unspecified atom stereocenters. The predicted octanol–water partition coefficient (Wildman–Crippen LogP) is 2.12. The van der Waals surface area contributed by atoms with Gasteiger partial charge in [-0.05, 0) is 49.2 Å². The first-order valence-electron chi connectivity index (χ1n) is 10.1. The summed E-state index contributed by atoms with van der Waals surface area (Å²) in [5, 5.41) is 11.5. The number of primary sulfonamides is 1. The maximum atomic E-state index is 11.9. The zero-order chi connectivity index (χ0) is 25.1. The van der Waals surface area contributed by atoms with E-state index in [0.29, 0.717) is 22.8 Å². The van der Waals surface area contributed by atoms with Gasteiger partial charge < -0.3 is 10.6 Å². The first kappa shape index (κ1) is 25.5. The summed E-state index contributed by atoms with van der Waals surface area (Å²) >= 11 is 0. The lowest BCUT2D eigenvalue weighted by Gasteiger charge is -2.14. The van der Waals surface area contributed by atoms with E-state index in [2.05, 4.69) is 25.3 Å². The van der Waals surface area contributed by atoms with Crippen LogP contribution in [0, 0.1) is 13.8 Å². The van der Waals surface area contributed by atoms with Crippen LogP contribution in [0.4, 0.5) is 23.1 Å². The van der Waals surface area contributed by atoms with Crippen molar-refractivity contribution in [3.05, 3.63) is 65.4 Å². The van der Waals surface area contributed by atoms with Gasteiger partial charge in [0.05, 0.1) is 4.90 Å². The van der Waals surface area contributed by atoms with Gasteiger partial charge in [-0.1, -0.05) is 18.2 Å². The third-order valence-corrected chi connectivity index (χ3v) is 7.38. The van der Waals surface area contributed by atoms with Crippen molar-refractivity contribution in [2.75, 3.05) is 24.7 Å². The molecule has 0 bridgehead atoms. The van der Waals surface area contributed by atoms with Crippen molar-refractivity contribution < 1.29 is 16.8 Å². The number of nitrogens with one attached hydrogen (secondary N) is 3. The van der Waals surface area contributed by atoms with Gasteiger partial charge in [-0.25, -0.2) is 18.5 Å². The minimum Gasteiger partial charge on any atom is -0.340 e. The summed E-state index contributed by atoms with van der Waals surface area (Å²) in [7, 11) is -4.49. The molecule has 1 aromatic heterocycles. The van der Waals surface area contributed by atoms with Gasteiger partial charge in [0, 0.05) is 43.8 Å². The van der Waals surface area contributed by atoms with Crippen LogP contribution in [0.25, 0.3) is 0 Å². The van der Waals surface area contributed by atoms with Crippen molar-refractivity contribution in [2.45, 2.75) is 25.3 Å². The van der Waals surface area contributed by atoms with E-state index in [0.717, 1.165) is 15.4 Å². The number of nitrogens with zero attached hydrogens (tertiary/aromatic N) is 3. The Morgan fingerprint density at radius 2 is 1.65 bits per heavy atom. The molecule has 0 spiro atoms. The first-order chi connectivity index (χ1) is 15.8. The minimum absolute atomic E-state index is 0.0182. The lowest BCUT2D eigenvalue weighted by Crippen LogP contribution is -2.35. The normalized spacial score (nSPS) is 12.1. The number of aryl methyl sites for hydroxylation is 2. The van der Waals surface area contributed by atoms with Gasteiger partial charge in [-0.15, -0.1) is 0 Å². The van der Waals surface area contributed by atoms with Crippen LogP contribution in [0.15, 0.2) is 53.6 Å². The van der Waals surface area contributed by atoms with E-state index in [1.807, 2.05) is 25.1 Å². The summed E-state index contributed by atoms with van der Waals surface area (Å²) in [6.45, 7) is 3.63. The van der Waals surface area contributed by atoms with E-state index >= 15 is 0 Å². The Bertz CT molecular complexity index is 1410. The molecule has 0 atom stereocenters. The molecule has 0 saturated carbocycles. The second kappa shape index (κ2) is 10.0. The Morgan fingerprint density at radius 1 is 0.941 bits per heavy atom. The van der Waals surface area contributed by atoms with E-state index in [1.54, 1.807) is 31.3 Å². The van der Waals surface area contributed by atoms with Gasteiger partial charge in [0.15, 0.2) is 0 Å². The molecule has 34 heavy (non-hydrogen) atoms. The largest absolute Gasteiger partial charge is 0.340 e. The number of benzene rings is 2. The lowest BCUT2D eigenvalue weighted by molar-refractivity contribution is 0.505. The first-order valence-corrected chi connectivity index (χ1v) is 13.1. The number of sulfonamides is 1. The van der Waals surface area contributed by atoms with Crippen LogP contribution in [0.5, 0.6) is 0 Å². The smallest absolute Gasteiger partial charge is 0.279 e. The van der Waals surface area contributed by atoms with Gasteiger partial charge in [0.25, 0.3) is 10.2 Å². The molecule has 2 aromatic carbocycles. The molecule has 0 aliphatic carbocycles. The Balaban J connectivity index is 1.79. The van der Waals surface area contributed by atoms with E-state index in [9.17, 15) is 16.8 Å². The van der Waals surface area contributed by atoms with Crippen molar-refractivity contribution >= 4 is 43.4 Å². The van der Waals surface area contributed by atoms with Crippen molar-refractivity contribution in [1.29, 1.82) is 0 Å². The third-order valence-electron chi connectivity index (χ3n) is 4.85. The number of aromatic nitrogens is 2. The molecule has 5 N–H and O–H groups in total. The molecule has 0 aliphatic heterocycles. The molecule has 182 valence electrons. The second-order valence-electron chi connectivity index (χ2n) is 7.81. The van der Waals surface area contributed by atoms with Crippen LogP contribution in [0.2, 0.25) is 0 Å². The molecule has 1 heterocycles. The summed E-state index contributed by atoms with van der Waals surface area (Å²) in [4.78, 5) is 8.76. The van der Waals surface area contributed by atoms with Crippen LogP contribution >= 0.6 is 0 Å². The molecule has 3 rings (SSSR count). The van der Waals surface area contributed by atoms with Crippen LogP contribution in [0.1, 0.15) is 16.7 Å². The number of hydrogen-bond donors (Lipinski definition) is 4. The van der Waals surface area contributed by atoms with Crippen LogP contribution in [-0.2, 0) is 26.8 Å². The van der Waals surface area contributed by atoms with Crippen LogP contribution < -0.4 is 20.5 Å². The Labute approximate surface area is 199 Å². The molecule has 13 heteroatoms. The maximum Gasteiger partial charge on any atom is 0.279 e. The average molecular weight is 506 g/mol. The average Bonchev–Trinajstić information content (AvgIpc) is 2.75. The molecule has 3 aromatic rings. The molecule has 11 nitrogen and oxygen atoms in total. The standard InChI is InChI=1S/C21H27N7O4S2/c1-14-8-9-18(11-19(14)33(22,29)30)26-21-23-12-15(2)20(27-21)25-17-7-5-6-16(10-17)13-24-34(31,32)28(3)4/h5-12,24H,13H2,1-4H3,(H2,22,29,30)(H2,23,25,26,27). The predicted molar refractivity (Wildman–Crippen MR) is 132 cm³/mol. The van der Waals surface area contributed by atoms with Crippen LogP contribution in [-0.4, -0.2) is 45.2 Å². The van der Waals surface area contributed by atoms with Crippen molar-refractivity contribution in [1.82, 2.24) is 19.0 Å². The van der Waals surface area contributed by atoms with Crippen molar-refractivity contribution in [3.8, 4) is 0 Å². The second-order valence-corrected chi connectivity index (χ2v) is 11.3. The Kier molecular flexibility index (Phi) is 7.53.